The van der Waals surface area contributed by atoms with E-state index >= 15 is 0 Å². The second-order valence-corrected chi connectivity index (χ2v) is 3.51. The Morgan fingerprint density at radius 1 is 1.44 bits per heavy atom. The van der Waals surface area contributed by atoms with E-state index in [1.807, 2.05) is 25.1 Å². The minimum Gasteiger partial charge on any atom is -0.493 e. The lowest BCUT2D eigenvalue weighted by Crippen LogP contribution is -2.13. The highest BCUT2D eigenvalue weighted by atomic mass is 16.5. The molecule has 0 saturated carbocycles. The van der Waals surface area contributed by atoms with Crippen LogP contribution in [-0.2, 0) is 17.8 Å². The van der Waals surface area contributed by atoms with Gasteiger partial charge in [-0.25, -0.2) is 0 Å². The molecule has 0 amide bonds. The molecule has 0 fully saturated rings. The quantitative estimate of drug-likeness (QED) is 0.568. The molecule has 0 unspecified atom stereocenters. The number of methoxy groups -OCH3 is 1. The third kappa shape index (κ3) is 3.55. The molecule has 0 aliphatic rings. The lowest BCUT2D eigenvalue weighted by Gasteiger charge is -2.11. The minimum absolute atomic E-state index is 0.155. The maximum atomic E-state index is 7.25. The van der Waals surface area contributed by atoms with Gasteiger partial charge in [0.05, 0.1) is 19.0 Å². The molecule has 1 rings (SSSR count). The first-order chi connectivity index (χ1) is 7.67. The molecule has 4 heteroatoms. The van der Waals surface area contributed by atoms with E-state index in [-0.39, 0.29) is 5.84 Å². The molecule has 0 atom stereocenters. The summed E-state index contributed by atoms with van der Waals surface area (Å²) in [5, 5.41) is 7.25. The average molecular weight is 222 g/mol. The first-order valence-electron chi connectivity index (χ1n) is 5.23. The Morgan fingerprint density at radius 2 is 2.19 bits per heavy atom. The lowest BCUT2D eigenvalue weighted by atomic mass is 10.1. The highest BCUT2D eigenvalue weighted by molar-refractivity contribution is 5.79. The van der Waals surface area contributed by atoms with Crippen LogP contribution in [-0.4, -0.2) is 19.6 Å². The summed E-state index contributed by atoms with van der Waals surface area (Å²) in [6, 6.07) is 5.81. The zero-order valence-corrected chi connectivity index (χ0v) is 9.75. The number of amidine groups is 1. The summed E-state index contributed by atoms with van der Waals surface area (Å²) in [7, 11) is 1.65. The molecule has 0 saturated heterocycles. The Hall–Kier alpha value is -1.55. The third-order valence-electron chi connectivity index (χ3n) is 2.13. The van der Waals surface area contributed by atoms with Crippen molar-refractivity contribution in [1.29, 1.82) is 5.41 Å². The summed E-state index contributed by atoms with van der Waals surface area (Å²) in [6.45, 7) is 3.07. The van der Waals surface area contributed by atoms with Crippen molar-refractivity contribution in [2.45, 2.75) is 20.0 Å². The number of ether oxygens (including phenoxy) is 2. The van der Waals surface area contributed by atoms with Gasteiger partial charge in [0.1, 0.15) is 5.75 Å². The van der Waals surface area contributed by atoms with E-state index in [0.29, 0.717) is 19.6 Å². The molecule has 0 aliphatic heterocycles. The van der Waals surface area contributed by atoms with Gasteiger partial charge in [-0.1, -0.05) is 12.1 Å². The van der Waals surface area contributed by atoms with Crippen LogP contribution in [0.3, 0.4) is 0 Å². The Morgan fingerprint density at radius 3 is 2.75 bits per heavy atom. The molecule has 0 radical (unpaired) electrons. The normalized spacial score (nSPS) is 10.1. The predicted molar refractivity (Wildman–Crippen MR) is 63.9 cm³/mol. The topological polar surface area (TPSA) is 68.3 Å². The standard InChI is InChI=1S/C12H18N2O2/c1-3-16-11-6-9(7-12(13)14)4-5-10(11)8-15-2/h4-6H,3,7-8H2,1-2H3,(H3,13,14). The largest absolute Gasteiger partial charge is 0.493 e. The first-order valence-corrected chi connectivity index (χ1v) is 5.23. The zero-order valence-electron chi connectivity index (χ0n) is 9.75. The molecule has 0 aromatic heterocycles. The molecular weight excluding hydrogens is 204 g/mol. The van der Waals surface area contributed by atoms with Crippen molar-refractivity contribution < 1.29 is 9.47 Å². The fourth-order valence-electron chi connectivity index (χ4n) is 1.49. The summed E-state index contributed by atoms with van der Waals surface area (Å²) in [4.78, 5) is 0. The van der Waals surface area contributed by atoms with E-state index < -0.39 is 0 Å². The second kappa shape index (κ2) is 6.12. The fourth-order valence-corrected chi connectivity index (χ4v) is 1.49. The van der Waals surface area contributed by atoms with Gasteiger partial charge in [0, 0.05) is 19.1 Å². The smallest absolute Gasteiger partial charge is 0.125 e. The Labute approximate surface area is 95.9 Å². The van der Waals surface area contributed by atoms with Crippen LogP contribution in [0, 0.1) is 5.41 Å². The fraction of sp³-hybridized carbons (Fsp3) is 0.417. The number of rotatable bonds is 6. The zero-order chi connectivity index (χ0) is 12.0. The van der Waals surface area contributed by atoms with Crippen LogP contribution >= 0.6 is 0 Å². The number of hydrogen-bond donors (Lipinski definition) is 2. The van der Waals surface area contributed by atoms with Crippen molar-refractivity contribution in [3.05, 3.63) is 29.3 Å². The van der Waals surface area contributed by atoms with Gasteiger partial charge in [0.25, 0.3) is 0 Å². The van der Waals surface area contributed by atoms with Gasteiger partial charge in [-0.15, -0.1) is 0 Å². The Bertz CT molecular complexity index is 364. The molecule has 16 heavy (non-hydrogen) atoms. The molecule has 88 valence electrons. The number of nitrogens with one attached hydrogen (secondary N) is 1. The van der Waals surface area contributed by atoms with E-state index in [4.69, 9.17) is 20.6 Å². The van der Waals surface area contributed by atoms with Crippen LogP contribution < -0.4 is 10.5 Å². The van der Waals surface area contributed by atoms with E-state index in [9.17, 15) is 0 Å². The van der Waals surface area contributed by atoms with Crippen molar-refractivity contribution in [2.24, 2.45) is 5.73 Å². The summed E-state index contributed by atoms with van der Waals surface area (Å²) in [5.74, 6) is 0.963. The van der Waals surface area contributed by atoms with Crippen molar-refractivity contribution in [3.8, 4) is 5.75 Å². The van der Waals surface area contributed by atoms with Crippen LogP contribution in [0.5, 0.6) is 5.75 Å². The molecule has 0 bridgehead atoms. The van der Waals surface area contributed by atoms with Crippen molar-refractivity contribution in [1.82, 2.24) is 0 Å². The lowest BCUT2D eigenvalue weighted by molar-refractivity contribution is 0.180. The molecule has 0 spiro atoms. The Kier molecular flexibility index (Phi) is 4.79. The Balaban J connectivity index is 2.92. The summed E-state index contributed by atoms with van der Waals surface area (Å²) in [5.41, 5.74) is 7.36. The monoisotopic (exact) mass is 222 g/mol. The van der Waals surface area contributed by atoms with Gasteiger partial charge in [-0.3, -0.25) is 5.41 Å². The van der Waals surface area contributed by atoms with Crippen molar-refractivity contribution >= 4 is 5.84 Å². The van der Waals surface area contributed by atoms with Gasteiger partial charge in [-0.05, 0) is 18.6 Å². The van der Waals surface area contributed by atoms with E-state index in [1.165, 1.54) is 0 Å². The SMILES string of the molecule is CCOc1cc(CC(=N)N)ccc1COC. The highest BCUT2D eigenvalue weighted by Crippen LogP contribution is 2.21. The van der Waals surface area contributed by atoms with Crippen LogP contribution in [0.15, 0.2) is 18.2 Å². The highest BCUT2D eigenvalue weighted by Gasteiger charge is 2.05. The maximum Gasteiger partial charge on any atom is 0.125 e. The molecular formula is C12H18N2O2. The van der Waals surface area contributed by atoms with Crippen LogP contribution in [0.4, 0.5) is 0 Å². The molecule has 4 nitrogen and oxygen atoms in total. The second-order valence-electron chi connectivity index (χ2n) is 3.51. The van der Waals surface area contributed by atoms with Crippen molar-refractivity contribution in [2.75, 3.05) is 13.7 Å². The van der Waals surface area contributed by atoms with Gasteiger partial charge < -0.3 is 15.2 Å². The number of nitrogens with two attached hydrogens (primary N) is 1. The van der Waals surface area contributed by atoms with Gasteiger partial charge in [0.15, 0.2) is 0 Å². The van der Waals surface area contributed by atoms with E-state index in [2.05, 4.69) is 0 Å². The first kappa shape index (κ1) is 12.5. The van der Waals surface area contributed by atoms with Crippen LogP contribution in [0.1, 0.15) is 18.1 Å². The maximum absolute atomic E-state index is 7.25. The molecule has 0 heterocycles. The summed E-state index contributed by atoms with van der Waals surface area (Å²) in [6.07, 6.45) is 0.452. The van der Waals surface area contributed by atoms with Crippen LogP contribution in [0.2, 0.25) is 0 Å². The average Bonchev–Trinajstić information content (AvgIpc) is 2.21. The van der Waals surface area contributed by atoms with Gasteiger partial charge >= 0.3 is 0 Å². The number of hydrogen-bond acceptors (Lipinski definition) is 3. The van der Waals surface area contributed by atoms with Gasteiger partial charge in [0.2, 0.25) is 0 Å². The van der Waals surface area contributed by atoms with Gasteiger partial charge in [-0.2, -0.15) is 0 Å². The third-order valence-corrected chi connectivity index (χ3v) is 2.13. The number of benzene rings is 1. The molecule has 0 aliphatic carbocycles. The van der Waals surface area contributed by atoms with Crippen LogP contribution in [0.25, 0.3) is 0 Å². The van der Waals surface area contributed by atoms with E-state index in [1.54, 1.807) is 7.11 Å². The van der Waals surface area contributed by atoms with Crippen molar-refractivity contribution in [3.63, 3.8) is 0 Å². The summed E-state index contributed by atoms with van der Waals surface area (Å²) >= 11 is 0. The minimum atomic E-state index is 0.155. The molecule has 1 aromatic carbocycles. The summed E-state index contributed by atoms with van der Waals surface area (Å²) < 4.78 is 10.6. The van der Waals surface area contributed by atoms with E-state index in [0.717, 1.165) is 16.9 Å². The molecule has 1 aromatic rings. The molecule has 3 N–H and O–H groups in total. The predicted octanol–water partition coefficient (Wildman–Crippen LogP) is 1.71.